The summed E-state index contributed by atoms with van der Waals surface area (Å²) < 4.78 is 0.391. The Bertz CT molecular complexity index is 752. The number of nitrogens with one attached hydrogen (secondary N) is 2. The van der Waals surface area contributed by atoms with Gasteiger partial charge in [0.2, 0.25) is 0 Å². The predicted molar refractivity (Wildman–Crippen MR) is 73.4 cm³/mol. The van der Waals surface area contributed by atoms with Crippen LogP contribution in [0.15, 0.2) is 45.9 Å². The first-order valence-corrected chi connectivity index (χ1v) is 6.26. The number of hydrogen-bond donors (Lipinski definition) is 2. The highest BCUT2D eigenvalue weighted by Crippen LogP contribution is 2.24. The number of H-pyrrole nitrogens is 2. The van der Waals surface area contributed by atoms with Crippen LogP contribution in [0.4, 0.5) is 0 Å². The predicted octanol–water partition coefficient (Wildman–Crippen LogP) is 1.98. The zero-order valence-corrected chi connectivity index (χ0v) is 11.2. The van der Waals surface area contributed by atoms with E-state index in [9.17, 15) is 4.79 Å². The molecule has 0 aliphatic heterocycles. The average molecular weight is 318 g/mol. The summed E-state index contributed by atoms with van der Waals surface area (Å²) in [4.78, 5) is 23.0. The molecule has 2 N–H and O–H groups in total. The molecule has 2 aromatic heterocycles. The van der Waals surface area contributed by atoms with E-state index in [1.165, 1.54) is 6.33 Å². The number of aromatic amines is 2. The first-order chi connectivity index (χ1) is 9.25. The van der Waals surface area contributed by atoms with Crippen LogP contribution in [0.25, 0.3) is 22.9 Å². The lowest BCUT2D eigenvalue weighted by Crippen LogP contribution is -2.12. The van der Waals surface area contributed by atoms with Crippen LogP contribution in [0.2, 0.25) is 0 Å². The summed E-state index contributed by atoms with van der Waals surface area (Å²) in [5, 5.41) is 6.41. The first kappa shape index (κ1) is 11.8. The smallest absolute Gasteiger partial charge is 0.266 e. The molecule has 0 unspecified atom stereocenters. The van der Waals surface area contributed by atoms with E-state index in [1.54, 1.807) is 0 Å². The highest BCUT2D eigenvalue weighted by atomic mass is 79.9. The maximum Gasteiger partial charge on any atom is 0.266 e. The van der Waals surface area contributed by atoms with E-state index in [2.05, 4.69) is 41.1 Å². The van der Waals surface area contributed by atoms with E-state index in [1.807, 2.05) is 30.3 Å². The van der Waals surface area contributed by atoms with Gasteiger partial charge in [-0.1, -0.05) is 30.3 Å². The van der Waals surface area contributed by atoms with Gasteiger partial charge in [0.1, 0.15) is 10.8 Å². The van der Waals surface area contributed by atoms with Crippen LogP contribution in [0.5, 0.6) is 0 Å². The third-order valence-corrected chi connectivity index (χ3v) is 3.29. The van der Waals surface area contributed by atoms with Crippen molar-refractivity contribution in [3.05, 3.63) is 51.5 Å². The molecule has 0 radical (unpaired) electrons. The molecule has 2 heterocycles. The molecule has 94 valence electrons. The van der Waals surface area contributed by atoms with Crippen molar-refractivity contribution in [2.24, 2.45) is 0 Å². The quantitative estimate of drug-likeness (QED) is 0.756. The van der Waals surface area contributed by atoms with Gasteiger partial charge in [0, 0.05) is 5.56 Å². The molecule has 1 aromatic carbocycles. The molecule has 0 aliphatic carbocycles. The lowest BCUT2D eigenvalue weighted by molar-refractivity contribution is 1.04. The van der Waals surface area contributed by atoms with E-state index in [4.69, 9.17) is 0 Å². The van der Waals surface area contributed by atoms with Gasteiger partial charge in [0.25, 0.3) is 5.56 Å². The molecule has 0 amide bonds. The molecule has 0 bridgehead atoms. The number of benzene rings is 1. The van der Waals surface area contributed by atoms with Crippen LogP contribution in [-0.2, 0) is 0 Å². The third-order valence-electron chi connectivity index (χ3n) is 2.55. The van der Waals surface area contributed by atoms with Crippen LogP contribution in [0.3, 0.4) is 0 Å². The zero-order valence-electron chi connectivity index (χ0n) is 9.59. The summed E-state index contributed by atoms with van der Waals surface area (Å²) in [6.07, 6.45) is 1.36. The van der Waals surface area contributed by atoms with Crippen LogP contribution >= 0.6 is 15.9 Å². The molecular formula is C12H8BrN5O. The van der Waals surface area contributed by atoms with Crippen molar-refractivity contribution in [3.8, 4) is 22.9 Å². The average Bonchev–Trinajstić information content (AvgIpc) is 2.97. The Labute approximate surface area is 116 Å². The first-order valence-electron chi connectivity index (χ1n) is 5.46. The Kier molecular flexibility index (Phi) is 2.96. The normalized spacial score (nSPS) is 10.6. The maximum atomic E-state index is 11.9. The summed E-state index contributed by atoms with van der Waals surface area (Å²) in [5.41, 5.74) is 1.15. The second-order valence-electron chi connectivity index (χ2n) is 3.78. The number of halogens is 1. The molecule has 0 saturated heterocycles. The number of hydrogen-bond acceptors (Lipinski definition) is 4. The summed E-state index contributed by atoms with van der Waals surface area (Å²) >= 11 is 3.26. The Morgan fingerprint density at radius 2 is 1.89 bits per heavy atom. The lowest BCUT2D eigenvalue weighted by Gasteiger charge is -2.05. The Morgan fingerprint density at radius 1 is 1.11 bits per heavy atom. The fraction of sp³-hybridized carbons (Fsp3) is 0. The van der Waals surface area contributed by atoms with Gasteiger partial charge in [-0.2, -0.15) is 5.10 Å². The van der Waals surface area contributed by atoms with E-state index in [0.717, 1.165) is 5.56 Å². The topological polar surface area (TPSA) is 87.3 Å². The van der Waals surface area contributed by atoms with Crippen molar-refractivity contribution in [3.63, 3.8) is 0 Å². The van der Waals surface area contributed by atoms with Crippen LogP contribution in [0.1, 0.15) is 0 Å². The van der Waals surface area contributed by atoms with Gasteiger partial charge >= 0.3 is 0 Å². The van der Waals surface area contributed by atoms with Crippen molar-refractivity contribution < 1.29 is 0 Å². The minimum absolute atomic E-state index is 0.264. The van der Waals surface area contributed by atoms with Gasteiger partial charge in [-0.3, -0.25) is 9.89 Å². The van der Waals surface area contributed by atoms with E-state index in [0.29, 0.717) is 21.8 Å². The van der Waals surface area contributed by atoms with Crippen molar-refractivity contribution in [2.75, 3.05) is 0 Å². The fourth-order valence-electron chi connectivity index (χ4n) is 1.68. The van der Waals surface area contributed by atoms with E-state index >= 15 is 0 Å². The van der Waals surface area contributed by atoms with Crippen molar-refractivity contribution in [2.45, 2.75) is 0 Å². The molecule has 0 saturated carbocycles. The highest BCUT2D eigenvalue weighted by molar-refractivity contribution is 9.10. The molecule has 0 fully saturated rings. The second-order valence-corrected chi connectivity index (χ2v) is 4.57. The number of aromatic nitrogens is 5. The SMILES string of the molecule is O=c1[nH]c(-c2ncn[nH]2)nc(-c2ccccc2)c1Br. The molecule has 7 heteroatoms. The van der Waals surface area contributed by atoms with Crippen molar-refractivity contribution in [1.29, 1.82) is 0 Å². The standard InChI is InChI=1S/C12H8BrN5O/c13-8-9(7-4-2-1-3-5-7)16-11(17-12(8)19)10-14-6-15-18-10/h1-6H,(H,14,15,18)(H,16,17,19). The minimum Gasteiger partial charge on any atom is -0.303 e. The summed E-state index contributed by atoms with van der Waals surface area (Å²) in [5.74, 6) is 0.770. The minimum atomic E-state index is -0.264. The molecule has 6 nitrogen and oxygen atoms in total. The van der Waals surface area contributed by atoms with Crippen molar-refractivity contribution in [1.82, 2.24) is 25.1 Å². The van der Waals surface area contributed by atoms with Gasteiger partial charge in [-0.05, 0) is 15.9 Å². The number of rotatable bonds is 2. The van der Waals surface area contributed by atoms with Crippen LogP contribution in [0, 0.1) is 0 Å². The monoisotopic (exact) mass is 317 g/mol. The second kappa shape index (κ2) is 4.77. The molecule has 3 rings (SSSR count). The molecule has 0 aliphatic rings. The van der Waals surface area contributed by atoms with Gasteiger partial charge in [0.05, 0.1) is 5.69 Å². The van der Waals surface area contributed by atoms with Gasteiger partial charge in [0.15, 0.2) is 11.6 Å². The zero-order chi connectivity index (χ0) is 13.2. The summed E-state index contributed by atoms with van der Waals surface area (Å²) in [6.45, 7) is 0. The van der Waals surface area contributed by atoms with Gasteiger partial charge < -0.3 is 4.98 Å². The molecule has 0 spiro atoms. The summed E-state index contributed by atoms with van der Waals surface area (Å²) in [7, 11) is 0. The fourth-order valence-corrected chi connectivity index (χ4v) is 2.09. The molecule has 19 heavy (non-hydrogen) atoms. The Morgan fingerprint density at radius 3 is 2.58 bits per heavy atom. The largest absolute Gasteiger partial charge is 0.303 e. The molecular weight excluding hydrogens is 310 g/mol. The van der Waals surface area contributed by atoms with E-state index < -0.39 is 0 Å². The lowest BCUT2D eigenvalue weighted by atomic mass is 10.1. The Hall–Kier alpha value is -2.28. The third kappa shape index (κ3) is 2.19. The van der Waals surface area contributed by atoms with E-state index in [-0.39, 0.29) is 5.56 Å². The van der Waals surface area contributed by atoms with Crippen LogP contribution < -0.4 is 5.56 Å². The van der Waals surface area contributed by atoms with Crippen molar-refractivity contribution >= 4 is 15.9 Å². The number of nitrogens with zero attached hydrogens (tertiary/aromatic N) is 3. The maximum absolute atomic E-state index is 11.9. The van der Waals surface area contributed by atoms with Gasteiger partial charge in [-0.15, -0.1) is 0 Å². The Balaban J connectivity index is 2.23. The highest BCUT2D eigenvalue weighted by Gasteiger charge is 2.13. The summed E-state index contributed by atoms with van der Waals surface area (Å²) in [6, 6.07) is 9.45. The molecule has 3 aromatic rings. The molecule has 0 atom stereocenters. The van der Waals surface area contributed by atoms with Gasteiger partial charge in [-0.25, -0.2) is 9.97 Å². The van der Waals surface area contributed by atoms with Crippen LogP contribution in [-0.4, -0.2) is 25.1 Å².